The summed E-state index contributed by atoms with van der Waals surface area (Å²) in [6, 6.07) is 13.0. The molecule has 0 aliphatic carbocycles. The molecular weight excluding hydrogens is 345 g/mol. The highest BCUT2D eigenvalue weighted by Crippen LogP contribution is 2.39. The number of rotatable bonds is 3. The van der Waals surface area contributed by atoms with Crippen molar-refractivity contribution in [3.05, 3.63) is 54.3 Å². The summed E-state index contributed by atoms with van der Waals surface area (Å²) in [7, 11) is 2.15. The van der Waals surface area contributed by atoms with E-state index in [2.05, 4.69) is 17.3 Å². The van der Waals surface area contributed by atoms with Crippen LogP contribution in [0.5, 0.6) is 11.5 Å². The van der Waals surface area contributed by atoms with Crippen molar-refractivity contribution in [1.82, 2.24) is 9.80 Å². The van der Waals surface area contributed by atoms with Gasteiger partial charge in [-0.1, -0.05) is 0 Å². The first-order valence-electron chi connectivity index (χ1n) is 9.29. The Morgan fingerprint density at radius 2 is 1.63 bits per heavy atom. The van der Waals surface area contributed by atoms with E-state index in [0.29, 0.717) is 11.5 Å². The van der Waals surface area contributed by atoms with E-state index in [1.807, 2.05) is 17.0 Å². The molecule has 1 atom stereocenters. The molecule has 2 aromatic rings. The van der Waals surface area contributed by atoms with Crippen LogP contribution < -0.4 is 10.1 Å². The van der Waals surface area contributed by atoms with Gasteiger partial charge in [-0.3, -0.25) is 0 Å². The van der Waals surface area contributed by atoms with Crippen molar-refractivity contribution in [3.63, 3.8) is 0 Å². The molecule has 27 heavy (non-hydrogen) atoms. The Morgan fingerprint density at radius 1 is 1.00 bits per heavy atom. The summed E-state index contributed by atoms with van der Waals surface area (Å²) in [5.74, 6) is 0.902. The van der Waals surface area contributed by atoms with Gasteiger partial charge >= 0.3 is 6.03 Å². The lowest BCUT2D eigenvalue weighted by Gasteiger charge is -2.24. The zero-order valence-electron chi connectivity index (χ0n) is 15.5. The fraction of sp³-hybridized carbons (Fsp3) is 0.381. The largest absolute Gasteiger partial charge is 0.457 e. The van der Waals surface area contributed by atoms with Gasteiger partial charge in [0, 0.05) is 30.7 Å². The molecule has 0 bridgehead atoms. The van der Waals surface area contributed by atoms with Crippen molar-refractivity contribution < 1.29 is 13.9 Å². The molecular formula is C21H24FN3O2. The number of amides is 2. The van der Waals surface area contributed by atoms with Crippen molar-refractivity contribution in [1.29, 1.82) is 0 Å². The molecule has 2 amide bonds. The highest BCUT2D eigenvalue weighted by molar-refractivity contribution is 5.89. The number of likely N-dealkylation sites (tertiary alicyclic amines) is 2. The molecule has 2 aliphatic heterocycles. The van der Waals surface area contributed by atoms with Crippen molar-refractivity contribution in [2.45, 2.75) is 12.8 Å². The number of ether oxygens (including phenoxy) is 1. The van der Waals surface area contributed by atoms with Gasteiger partial charge in [0.2, 0.25) is 0 Å². The van der Waals surface area contributed by atoms with Crippen LogP contribution in [0.15, 0.2) is 48.5 Å². The Hall–Kier alpha value is -2.60. The molecule has 2 saturated heterocycles. The number of halogens is 1. The Morgan fingerprint density at radius 3 is 2.26 bits per heavy atom. The van der Waals surface area contributed by atoms with Crippen molar-refractivity contribution in [2.75, 3.05) is 38.5 Å². The lowest BCUT2D eigenvalue weighted by Crippen LogP contribution is -2.36. The minimum atomic E-state index is -0.298. The maximum absolute atomic E-state index is 12.9. The van der Waals surface area contributed by atoms with Gasteiger partial charge < -0.3 is 19.9 Å². The van der Waals surface area contributed by atoms with Gasteiger partial charge in [-0.15, -0.1) is 0 Å². The number of urea groups is 1. The Bertz CT molecular complexity index is 809. The standard InChI is InChI=1S/C21H24FN3O2/c1-24-12-10-21(14-24)11-13-25(15-21)20(26)23-17-4-8-19(9-5-17)27-18-6-2-16(22)3-7-18/h2-9H,10-15H2,1H3,(H,23,26)/t21-/m1/s1. The van der Waals surface area contributed by atoms with Gasteiger partial charge in [0.1, 0.15) is 17.3 Å². The zero-order chi connectivity index (χ0) is 18.9. The van der Waals surface area contributed by atoms with Crippen LogP contribution in [0.25, 0.3) is 0 Å². The third kappa shape index (κ3) is 4.06. The second kappa shape index (κ2) is 7.19. The van der Waals surface area contributed by atoms with Crippen LogP contribution in [-0.4, -0.2) is 49.1 Å². The Balaban J connectivity index is 1.33. The van der Waals surface area contributed by atoms with Gasteiger partial charge in [-0.25, -0.2) is 9.18 Å². The lowest BCUT2D eigenvalue weighted by atomic mass is 9.86. The third-order valence-electron chi connectivity index (χ3n) is 5.51. The summed E-state index contributed by atoms with van der Waals surface area (Å²) < 4.78 is 18.6. The van der Waals surface area contributed by atoms with E-state index in [1.165, 1.54) is 18.6 Å². The molecule has 5 nitrogen and oxygen atoms in total. The smallest absolute Gasteiger partial charge is 0.321 e. The number of hydrogen-bond acceptors (Lipinski definition) is 3. The van der Waals surface area contributed by atoms with E-state index in [-0.39, 0.29) is 17.3 Å². The molecule has 142 valence electrons. The van der Waals surface area contributed by atoms with E-state index < -0.39 is 0 Å². The molecule has 0 saturated carbocycles. The van der Waals surface area contributed by atoms with Crippen LogP contribution in [0.2, 0.25) is 0 Å². The van der Waals surface area contributed by atoms with Crippen molar-refractivity contribution >= 4 is 11.7 Å². The van der Waals surface area contributed by atoms with Gasteiger partial charge in [-0.05, 0) is 75.0 Å². The summed E-state index contributed by atoms with van der Waals surface area (Å²) in [4.78, 5) is 16.8. The molecule has 4 rings (SSSR count). The van der Waals surface area contributed by atoms with E-state index in [4.69, 9.17) is 4.74 Å². The number of carbonyl (C=O) groups excluding carboxylic acids is 1. The van der Waals surface area contributed by atoms with Crippen LogP contribution >= 0.6 is 0 Å². The van der Waals surface area contributed by atoms with Crippen molar-refractivity contribution in [3.8, 4) is 11.5 Å². The number of benzene rings is 2. The van der Waals surface area contributed by atoms with Gasteiger partial charge in [0.05, 0.1) is 0 Å². The maximum Gasteiger partial charge on any atom is 0.321 e. The molecule has 6 heteroatoms. The van der Waals surface area contributed by atoms with E-state index in [0.717, 1.165) is 38.3 Å². The average Bonchev–Trinajstić information content (AvgIpc) is 3.24. The first-order chi connectivity index (χ1) is 13.0. The quantitative estimate of drug-likeness (QED) is 0.883. The summed E-state index contributed by atoms with van der Waals surface area (Å²) in [6.45, 7) is 3.83. The van der Waals surface area contributed by atoms with Crippen LogP contribution in [0, 0.1) is 11.2 Å². The highest BCUT2D eigenvalue weighted by atomic mass is 19.1. The van der Waals surface area contributed by atoms with Gasteiger partial charge in [-0.2, -0.15) is 0 Å². The monoisotopic (exact) mass is 369 g/mol. The molecule has 2 aliphatic rings. The zero-order valence-corrected chi connectivity index (χ0v) is 15.5. The fourth-order valence-corrected chi connectivity index (χ4v) is 4.05. The molecule has 2 fully saturated rings. The summed E-state index contributed by atoms with van der Waals surface area (Å²) in [6.07, 6.45) is 2.25. The highest BCUT2D eigenvalue weighted by Gasteiger charge is 2.43. The molecule has 0 aromatic heterocycles. The number of nitrogens with one attached hydrogen (secondary N) is 1. The topological polar surface area (TPSA) is 44.8 Å². The maximum atomic E-state index is 12.9. The minimum absolute atomic E-state index is 0.0476. The molecule has 2 heterocycles. The second-order valence-electron chi connectivity index (χ2n) is 7.67. The normalized spacial score (nSPS) is 22.4. The molecule has 0 unspecified atom stereocenters. The number of anilines is 1. The Kier molecular flexibility index (Phi) is 4.74. The molecule has 1 N–H and O–H groups in total. The summed E-state index contributed by atoms with van der Waals surface area (Å²) in [5.41, 5.74) is 1.01. The van der Waals surface area contributed by atoms with E-state index in [1.54, 1.807) is 24.3 Å². The predicted octanol–water partition coefficient (Wildman–Crippen LogP) is 4.18. The van der Waals surface area contributed by atoms with Gasteiger partial charge in [0.25, 0.3) is 0 Å². The average molecular weight is 369 g/mol. The van der Waals surface area contributed by atoms with Crippen molar-refractivity contribution in [2.24, 2.45) is 5.41 Å². The first kappa shape index (κ1) is 17.8. The van der Waals surface area contributed by atoms with E-state index >= 15 is 0 Å². The van der Waals surface area contributed by atoms with Crippen LogP contribution in [0.4, 0.5) is 14.9 Å². The number of hydrogen-bond donors (Lipinski definition) is 1. The minimum Gasteiger partial charge on any atom is -0.457 e. The van der Waals surface area contributed by atoms with E-state index in [9.17, 15) is 9.18 Å². The van der Waals surface area contributed by atoms with Crippen LogP contribution in [0.3, 0.4) is 0 Å². The third-order valence-corrected chi connectivity index (χ3v) is 5.51. The lowest BCUT2D eigenvalue weighted by molar-refractivity contribution is 0.212. The fourth-order valence-electron chi connectivity index (χ4n) is 4.05. The predicted molar refractivity (Wildman–Crippen MR) is 103 cm³/mol. The summed E-state index contributed by atoms with van der Waals surface area (Å²) in [5, 5.41) is 2.97. The molecule has 0 radical (unpaired) electrons. The Labute approximate surface area is 158 Å². The van der Waals surface area contributed by atoms with Gasteiger partial charge in [0.15, 0.2) is 0 Å². The molecule has 1 spiro atoms. The SMILES string of the molecule is CN1CC[C@@]2(CCN(C(=O)Nc3ccc(Oc4ccc(F)cc4)cc3)C2)C1. The number of nitrogens with zero attached hydrogens (tertiary/aromatic N) is 2. The number of carbonyl (C=O) groups is 1. The molecule has 2 aromatic carbocycles. The van der Waals surface area contributed by atoms with Crippen LogP contribution in [-0.2, 0) is 0 Å². The van der Waals surface area contributed by atoms with Crippen LogP contribution in [0.1, 0.15) is 12.8 Å². The first-order valence-corrected chi connectivity index (χ1v) is 9.29. The second-order valence-corrected chi connectivity index (χ2v) is 7.67. The summed E-state index contributed by atoms with van der Waals surface area (Å²) >= 11 is 0.